The van der Waals surface area contributed by atoms with Gasteiger partial charge in [0.2, 0.25) is 5.91 Å². The number of amides is 2. The van der Waals surface area contributed by atoms with Gasteiger partial charge < -0.3 is 19.9 Å². The van der Waals surface area contributed by atoms with E-state index in [1.54, 1.807) is 7.11 Å². The lowest BCUT2D eigenvalue weighted by atomic mass is 9.95. The van der Waals surface area contributed by atoms with E-state index >= 15 is 0 Å². The maximum absolute atomic E-state index is 13.2. The summed E-state index contributed by atoms with van der Waals surface area (Å²) >= 11 is 0. The van der Waals surface area contributed by atoms with Crippen molar-refractivity contribution in [2.75, 3.05) is 26.1 Å². The van der Waals surface area contributed by atoms with Crippen LogP contribution in [0.2, 0.25) is 0 Å². The molecule has 0 spiro atoms. The van der Waals surface area contributed by atoms with Crippen LogP contribution in [-0.4, -0.2) is 62.1 Å². The molecule has 1 aromatic carbocycles. The number of nitrogens with one attached hydrogen (secondary N) is 1. The number of fused-ring (bicyclic) bond motifs is 2. The Hall–Kier alpha value is -2.08. The summed E-state index contributed by atoms with van der Waals surface area (Å²) in [6.45, 7) is 3.95. The van der Waals surface area contributed by atoms with E-state index in [1.165, 1.54) is 0 Å². The minimum atomic E-state index is -0.454. The first-order chi connectivity index (χ1) is 12.8. The fourth-order valence-electron chi connectivity index (χ4n) is 4.47. The Morgan fingerprint density at radius 1 is 1.26 bits per heavy atom. The van der Waals surface area contributed by atoms with E-state index in [1.807, 2.05) is 62.0 Å². The lowest BCUT2D eigenvalue weighted by molar-refractivity contribution is -0.134. The Morgan fingerprint density at radius 2 is 2.00 bits per heavy atom. The van der Waals surface area contributed by atoms with Crippen molar-refractivity contribution < 1.29 is 14.3 Å². The number of methoxy groups -OCH3 is 1. The Labute approximate surface area is 161 Å². The number of carbonyl (C=O) groups is 2. The third-order valence-electron chi connectivity index (χ3n) is 5.83. The summed E-state index contributed by atoms with van der Waals surface area (Å²) in [5.41, 5.74) is 1.72. The van der Waals surface area contributed by atoms with Gasteiger partial charge in [-0.1, -0.05) is 19.9 Å². The summed E-state index contributed by atoms with van der Waals surface area (Å²) in [5, 5.41) is 3.14. The average Bonchev–Trinajstić information content (AvgIpc) is 3.19. The molecule has 0 aromatic heterocycles. The van der Waals surface area contributed by atoms with Crippen LogP contribution in [-0.2, 0) is 9.53 Å². The second-order valence-electron chi connectivity index (χ2n) is 8.21. The Morgan fingerprint density at radius 3 is 2.63 bits per heavy atom. The summed E-state index contributed by atoms with van der Waals surface area (Å²) in [5.74, 6) is 0.0993. The zero-order valence-electron chi connectivity index (χ0n) is 16.9. The van der Waals surface area contributed by atoms with Gasteiger partial charge in [-0.3, -0.25) is 9.59 Å². The molecule has 2 fully saturated rings. The largest absolute Gasteiger partial charge is 0.378 e. The minimum Gasteiger partial charge on any atom is -0.378 e. The van der Waals surface area contributed by atoms with Gasteiger partial charge in [-0.25, -0.2) is 0 Å². The van der Waals surface area contributed by atoms with E-state index in [-0.39, 0.29) is 35.9 Å². The van der Waals surface area contributed by atoms with Gasteiger partial charge in [-0.05, 0) is 43.4 Å². The molecule has 2 aliphatic rings. The molecule has 6 heteroatoms. The van der Waals surface area contributed by atoms with Crippen LogP contribution in [0.15, 0.2) is 24.3 Å². The lowest BCUT2D eigenvalue weighted by Gasteiger charge is -2.27. The molecule has 2 heterocycles. The van der Waals surface area contributed by atoms with Crippen molar-refractivity contribution in [3.05, 3.63) is 29.8 Å². The summed E-state index contributed by atoms with van der Waals surface area (Å²) in [6, 6.07) is 8.01. The second-order valence-corrected chi connectivity index (χ2v) is 8.21. The molecule has 2 aliphatic heterocycles. The van der Waals surface area contributed by atoms with Gasteiger partial charge in [0.05, 0.1) is 12.1 Å². The predicted molar refractivity (Wildman–Crippen MR) is 106 cm³/mol. The molecule has 6 nitrogen and oxygen atoms in total. The fraction of sp³-hybridized carbons (Fsp3) is 0.619. The summed E-state index contributed by atoms with van der Waals surface area (Å²) in [4.78, 5) is 29.7. The normalized spacial score (nSPS) is 25.0. The van der Waals surface area contributed by atoms with Gasteiger partial charge >= 0.3 is 0 Å². The number of benzene rings is 1. The third kappa shape index (κ3) is 3.81. The average molecular weight is 373 g/mol. The monoisotopic (exact) mass is 373 g/mol. The summed E-state index contributed by atoms with van der Waals surface area (Å²) in [7, 11) is 5.50. The molecule has 3 rings (SSSR count). The van der Waals surface area contributed by atoms with Crippen LogP contribution in [0.5, 0.6) is 0 Å². The van der Waals surface area contributed by atoms with Crippen LogP contribution in [0.4, 0.5) is 5.69 Å². The Kier molecular flexibility index (Phi) is 5.75. The predicted octanol–water partition coefficient (Wildman–Crippen LogP) is 2.29. The molecule has 0 radical (unpaired) electrons. The highest BCUT2D eigenvalue weighted by Gasteiger charge is 2.49. The van der Waals surface area contributed by atoms with Gasteiger partial charge in [0.25, 0.3) is 5.91 Å². The van der Waals surface area contributed by atoms with Crippen molar-refractivity contribution in [3.63, 3.8) is 0 Å². The molecular weight excluding hydrogens is 342 g/mol. The SMILES string of the molecule is COC(C(=O)N[C@@H]1C[C@@H]2CC[C@H]1N2C(=O)c1cccc(N(C)C)c1)C(C)C. The zero-order chi connectivity index (χ0) is 19.7. The smallest absolute Gasteiger partial charge is 0.254 e. The molecule has 148 valence electrons. The highest BCUT2D eigenvalue weighted by atomic mass is 16.5. The first-order valence-electron chi connectivity index (χ1n) is 9.76. The highest BCUT2D eigenvalue weighted by Crippen LogP contribution is 2.39. The Bertz CT molecular complexity index is 704. The van der Waals surface area contributed by atoms with E-state index in [0.29, 0.717) is 5.56 Å². The quantitative estimate of drug-likeness (QED) is 0.831. The number of nitrogens with zero attached hydrogens (tertiary/aromatic N) is 2. The molecule has 1 unspecified atom stereocenters. The molecule has 4 atom stereocenters. The molecular formula is C21H31N3O3. The number of hydrogen-bond acceptors (Lipinski definition) is 4. The Balaban J connectivity index is 1.73. The second kappa shape index (κ2) is 7.89. The van der Waals surface area contributed by atoms with Crippen LogP contribution < -0.4 is 10.2 Å². The van der Waals surface area contributed by atoms with Crippen LogP contribution >= 0.6 is 0 Å². The number of carbonyl (C=O) groups excluding carboxylic acids is 2. The van der Waals surface area contributed by atoms with E-state index < -0.39 is 6.10 Å². The van der Waals surface area contributed by atoms with Gasteiger partial charge in [-0.2, -0.15) is 0 Å². The maximum Gasteiger partial charge on any atom is 0.254 e. The van der Waals surface area contributed by atoms with Gasteiger partial charge in [-0.15, -0.1) is 0 Å². The lowest BCUT2D eigenvalue weighted by Crippen LogP contribution is -2.49. The van der Waals surface area contributed by atoms with E-state index in [9.17, 15) is 9.59 Å². The molecule has 2 bridgehead atoms. The fourth-order valence-corrected chi connectivity index (χ4v) is 4.47. The molecule has 1 aromatic rings. The van der Waals surface area contributed by atoms with Gasteiger partial charge in [0.15, 0.2) is 0 Å². The van der Waals surface area contributed by atoms with E-state index in [4.69, 9.17) is 4.74 Å². The summed E-state index contributed by atoms with van der Waals surface area (Å²) in [6.07, 6.45) is 2.32. The number of ether oxygens (including phenoxy) is 1. The first kappa shape index (κ1) is 19.7. The van der Waals surface area contributed by atoms with E-state index in [0.717, 1.165) is 24.9 Å². The standard InChI is InChI=1S/C21H31N3O3/c1-13(2)19(27-5)20(25)22-17-12-16-9-10-18(17)24(16)21(26)14-7-6-8-15(11-14)23(3)4/h6-8,11,13,16-19H,9-10,12H2,1-5H3,(H,22,25)/t16-,17+,18+,19?/m0/s1. The molecule has 27 heavy (non-hydrogen) atoms. The van der Waals surface area contributed by atoms with E-state index in [2.05, 4.69) is 5.32 Å². The number of rotatable bonds is 6. The topological polar surface area (TPSA) is 61.9 Å². The van der Waals surface area contributed by atoms with Crippen molar-refractivity contribution in [1.82, 2.24) is 10.2 Å². The maximum atomic E-state index is 13.2. The first-order valence-corrected chi connectivity index (χ1v) is 9.76. The van der Waals surface area contributed by atoms with Crippen molar-refractivity contribution in [3.8, 4) is 0 Å². The van der Waals surface area contributed by atoms with Crippen LogP contribution in [0.25, 0.3) is 0 Å². The number of hydrogen-bond donors (Lipinski definition) is 1. The highest BCUT2D eigenvalue weighted by molar-refractivity contribution is 5.96. The molecule has 1 N–H and O–H groups in total. The van der Waals surface area contributed by atoms with Crippen molar-refractivity contribution >= 4 is 17.5 Å². The van der Waals surface area contributed by atoms with Crippen molar-refractivity contribution in [2.45, 2.75) is 57.3 Å². The third-order valence-corrected chi connectivity index (χ3v) is 5.83. The molecule has 2 saturated heterocycles. The summed E-state index contributed by atoms with van der Waals surface area (Å²) < 4.78 is 5.35. The molecule has 0 saturated carbocycles. The van der Waals surface area contributed by atoms with Crippen LogP contribution in [0.3, 0.4) is 0 Å². The van der Waals surface area contributed by atoms with Crippen LogP contribution in [0.1, 0.15) is 43.5 Å². The zero-order valence-corrected chi connectivity index (χ0v) is 16.9. The van der Waals surface area contributed by atoms with Gasteiger partial charge in [0, 0.05) is 38.5 Å². The molecule has 0 aliphatic carbocycles. The molecule has 2 amide bonds. The van der Waals surface area contributed by atoms with Gasteiger partial charge in [0.1, 0.15) is 6.10 Å². The van der Waals surface area contributed by atoms with Crippen LogP contribution in [0, 0.1) is 5.92 Å². The van der Waals surface area contributed by atoms with Crippen molar-refractivity contribution in [1.29, 1.82) is 0 Å². The minimum absolute atomic E-state index is 0.00799. The van der Waals surface area contributed by atoms with Crippen molar-refractivity contribution in [2.24, 2.45) is 5.92 Å². The number of anilines is 1.